The van der Waals surface area contributed by atoms with E-state index in [2.05, 4.69) is 11.8 Å². The fraction of sp³-hybridized carbons (Fsp3) is 0.571. The molecule has 1 aromatic rings. The van der Waals surface area contributed by atoms with Gasteiger partial charge in [0.15, 0.2) is 6.29 Å². The van der Waals surface area contributed by atoms with Crippen molar-refractivity contribution in [1.29, 1.82) is 0 Å². The summed E-state index contributed by atoms with van der Waals surface area (Å²) >= 11 is 0. The quantitative estimate of drug-likeness (QED) is 0.734. The third kappa shape index (κ3) is 2.77. The zero-order chi connectivity index (χ0) is 13.8. The largest absolute Gasteiger partial charge is 0.383 e. The summed E-state index contributed by atoms with van der Waals surface area (Å²) in [7, 11) is 1.61. The van der Waals surface area contributed by atoms with E-state index < -0.39 is 0 Å². The van der Waals surface area contributed by atoms with Crippen molar-refractivity contribution >= 4 is 6.29 Å². The van der Waals surface area contributed by atoms with Gasteiger partial charge < -0.3 is 9.30 Å². The molecular formula is C14H20N2O3. The number of rotatable bonds is 5. The number of carbonyl (C=O) groups excluding carboxylic acids is 1. The second-order valence-electron chi connectivity index (χ2n) is 4.76. The minimum atomic E-state index is -0.198. The molecule has 0 aromatic carbocycles. The van der Waals surface area contributed by atoms with E-state index in [4.69, 9.17) is 4.74 Å². The summed E-state index contributed by atoms with van der Waals surface area (Å²) in [5, 5.41) is 0. The molecule has 0 saturated heterocycles. The second kappa shape index (κ2) is 6.12. The van der Waals surface area contributed by atoms with E-state index in [1.807, 2.05) is 0 Å². The summed E-state index contributed by atoms with van der Waals surface area (Å²) in [5.41, 5.74) is 2.19. The van der Waals surface area contributed by atoms with Crippen LogP contribution in [0.25, 0.3) is 0 Å². The van der Waals surface area contributed by atoms with E-state index in [9.17, 15) is 9.59 Å². The highest BCUT2D eigenvalue weighted by atomic mass is 16.5. The lowest BCUT2D eigenvalue weighted by molar-refractivity contribution is 0.112. The van der Waals surface area contributed by atoms with Gasteiger partial charge in [-0.05, 0) is 18.2 Å². The van der Waals surface area contributed by atoms with E-state index in [0.717, 1.165) is 37.3 Å². The van der Waals surface area contributed by atoms with Gasteiger partial charge in [-0.25, -0.2) is 0 Å². The Kier molecular flexibility index (Phi) is 4.50. The first-order chi connectivity index (χ1) is 9.21. The molecule has 5 nitrogen and oxygen atoms in total. The molecule has 5 heteroatoms. The van der Waals surface area contributed by atoms with Gasteiger partial charge in [-0.15, -0.1) is 0 Å². The van der Waals surface area contributed by atoms with Crippen LogP contribution < -0.4 is 5.56 Å². The van der Waals surface area contributed by atoms with Gasteiger partial charge in [-0.2, -0.15) is 0 Å². The SMILES string of the molecule is CCN1CCc2c(cc(C=O)c(=O)n2CCOC)C1. The van der Waals surface area contributed by atoms with Crippen molar-refractivity contribution in [3.8, 4) is 0 Å². The standard InChI is InChI=1S/C14H20N2O3/c1-3-15-5-4-13-11(9-15)8-12(10-17)14(18)16(13)6-7-19-2/h8,10H,3-7,9H2,1-2H3. The highest BCUT2D eigenvalue weighted by molar-refractivity contribution is 5.74. The molecule has 0 aliphatic carbocycles. The molecule has 0 fully saturated rings. The third-order valence-electron chi connectivity index (χ3n) is 3.67. The molecule has 2 heterocycles. The van der Waals surface area contributed by atoms with Gasteiger partial charge in [0.1, 0.15) is 0 Å². The third-order valence-corrected chi connectivity index (χ3v) is 3.67. The van der Waals surface area contributed by atoms with Crippen LogP contribution in [0.4, 0.5) is 0 Å². The molecule has 0 spiro atoms. The van der Waals surface area contributed by atoms with Crippen LogP contribution in [0.1, 0.15) is 28.5 Å². The van der Waals surface area contributed by atoms with Crippen LogP contribution in [0.5, 0.6) is 0 Å². The number of nitrogens with zero attached hydrogens (tertiary/aromatic N) is 2. The molecular weight excluding hydrogens is 244 g/mol. The number of pyridine rings is 1. The van der Waals surface area contributed by atoms with E-state index in [0.29, 0.717) is 19.4 Å². The van der Waals surface area contributed by atoms with E-state index in [-0.39, 0.29) is 11.1 Å². The highest BCUT2D eigenvalue weighted by Gasteiger charge is 2.20. The van der Waals surface area contributed by atoms with Crippen molar-refractivity contribution < 1.29 is 9.53 Å². The van der Waals surface area contributed by atoms with Gasteiger partial charge in [0, 0.05) is 38.9 Å². The first-order valence-electron chi connectivity index (χ1n) is 6.63. The first kappa shape index (κ1) is 14.0. The van der Waals surface area contributed by atoms with Gasteiger partial charge >= 0.3 is 0 Å². The molecule has 2 rings (SSSR count). The molecule has 0 N–H and O–H groups in total. The Morgan fingerprint density at radius 2 is 2.26 bits per heavy atom. The van der Waals surface area contributed by atoms with Gasteiger partial charge in [0.2, 0.25) is 0 Å². The van der Waals surface area contributed by atoms with Crippen molar-refractivity contribution in [2.75, 3.05) is 26.8 Å². The van der Waals surface area contributed by atoms with Crippen LogP contribution in [0.2, 0.25) is 0 Å². The van der Waals surface area contributed by atoms with Gasteiger partial charge in [0.25, 0.3) is 5.56 Å². The molecule has 0 unspecified atom stereocenters. The van der Waals surface area contributed by atoms with Crippen LogP contribution in [-0.2, 0) is 24.2 Å². The van der Waals surface area contributed by atoms with Crippen LogP contribution in [0, 0.1) is 0 Å². The lowest BCUT2D eigenvalue weighted by Crippen LogP contribution is -2.37. The number of fused-ring (bicyclic) bond motifs is 1. The summed E-state index contributed by atoms with van der Waals surface area (Å²) in [4.78, 5) is 25.5. The van der Waals surface area contributed by atoms with Crippen molar-refractivity contribution in [3.63, 3.8) is 0 Å². The lowest BCUT2D eigenvalue weighted by atomic mass is 10.0. The summed E-state index contributed by atoms with van der Waals surface area (Å²) in [6.07, 6.45) is 1.50. The summed E-state index contributed by atoms with van der Waals surface area (Å²) in [6.45, 7) is 5.84. The van der Waals surface area contributed by atoms with E-state index in [1.54, 1.807) is 17.7 Å². The minimum absolute atomic E-state index is 0.198. The van der Waals surface area contributed by atoms with Crippen LogP contribution in [-0.4, -0.2) is 42.6 Å². The minimum Gasteiger partial charge on any atom is -0.383 e. The Hall–Kier alpha value is -1.46. The Labute approximate surface area is 112 Å². The van der Waals surface area contributed by atoms with Crippen molar-refractivity contribution in [2.24, 2.45) is 0 Å². The molecule has 19 heavy (non-hydrogen) atoms. The van der Waals surface area contributed by atoms with Crippen LogP contribution >= 0.6 is 0 Å². The van der Waals surface area contributed by atoms with E-state index in [1.165, 1.54) is 0 Å². The maximum atomic E-state index is 12.2. The smallest absolute Gasteiger partial charge is 0.261 e. The lowest BCUT2D eigenvalue weighted by Gasteiger charge is -2.29. The molecule has 1 aliphatic heterocycles. The summed E-state index contributed by atoms with van der Waals surface area (Å²) in [6, 6.07) is 1.75. The molecule has 104 valence electrons. The molecule has 0 bridgehead atoms. The molecule has 0 atom stereocenters. The van der Waals surface area contributed by atoms with Crippen molar-refractivity contribution in [2.45, 2.75) is 26.4 Å². The number of methoxy groups -OCH3 is 1. The van der Waals surface area contributed by atoms with Gasteiger partial charge in [0.05, 0.1) is 12.2 Å². The predicted octanol–water partition coefficient (Wildman–Crippen LogP) is 0.685. The van der Waals surface area contributed by atoms with Crippen molar-refractivity contribution in [3.05, 3.63) is 33.2 Å². The maximum Gasteiger partial charge on any atom is 0.261 e. The number of hydrogen-bond donors (Lipinski definition) is 0. The zero-order valence-electron chi connectivity index (χ0n) is 11.5. The molecule has 1 aromatic heterocycles. The second-order valence-corrected chi connectivity index (χ2v) is 4.76. The van der Waals surface area contributed by atoms with Gasteiger partial charge in [-0.3, -0.25) is 14.5 Å². The summed E-state index contributed by atoms with van der Waals surface area (Å²) in [5.74, 6) is 0. The van der Waals surface area contributed by atoms with Crippen molar-refractivity contribution in [1.82, 2.24) is 9.47 Å². The van der Waals surface area contributed by atoms with E-state index >= 15 is 0 Å². The zero-order valence-corrected chi connectivity index (χ0v) is 11.5. The number of aromatic nitrogens is 1. The Bertz CT molecular complexity index is 522. The van der Waals surface area contributed by atoms with Gasteiger partial charge in [-0.1, -0.05) is 6.92 Å². The molecule has 0 saturated carbocycles. The normalized spacial score (nSPS) is 15.3. The maximum absolute atomic E-state index is 12.2. The number of likely N-dealkylation sites (N-methyl/N-ethyl adjacent to an activating group) is 1. The Balaban J connectivity index is 2.46. The molecule has 0 amide bonds. The predicted molar refractivity (Wildman–Crippen MR) is 72.6 cm³/mol. The fourth-order valence-corrected chi connectivity index (χ4v) is 2.57. The fourth-order valence-electron chi connectivity index (χ4n) is 2.57. The summed E-state index contributed by atoms with van der Waals surface area (Å²) < 4.78 is 6.75. The molecule has 1 aliphatic rings. The topological polar surface area (TPSA) is 51.5 Å². The first-order valence-corrected chi connectivity index (χ1v) is 6.63. The number of ether oxygens (including phenoxy) is 1. The van der Waals surface area contributed by atoms with Crippen LogP contribution in [0.15, 0.2) is 10.9 Å². The number of hydrogen-bond acceptors (Lipinski definition) is 4. The highest BCUT2D eigenvalue weighted by Crippen LogP contribution is 2.18. The number of aldehydes is 1. The number of carbonyl (C=O) groups is 1. The monoisotopic (exact) mass is 264 g/mol. The average Bonchev–Trinajstić information content (AvgIpc) is 2.45. The molecule has 0 radical (unpaired) electrons. The Morgan fingerprint density at radius 1 is 1.47 bits per heavy atom. The van der Waals surface area contributed by atoms with Crippen LogP contribution in [0.3, 0.4) is 0 Å². The average molecular weight is 264 g/mol. The Morgan fingerprint density at radius 3 is 2.89 bits per heavy atom.